The monoisotopic (exact) mass is 296 g/mol. The number of amides is 1. The Labute approximate surface area is 114 Å². The molecule has 0 spiro atoms. The summed E-state index contributed by atoms with van der Waals surface area (Å²) in [5.74, 6) is -6.38. The molecule has 1 saturated heterocycles. The van der Waals surface area contributed by atoms with Gasteiger partial charge in [0, 0.05) is 13.5 Å². The summed E-state index contributed by atoms with van der Waals surface area (Å²) >= 11 is 0. The lowest BCUT2D eigenvalue weighted by molar-refractivity contribution is -0.275. The fourth-order valence-electron chi connectivity index (χ4n) is 2.07. The van der Waals surface area contributed by atoms with Gasteiger partial charge in [-0.3, -0.25) is 4.79 Å². The molecule has 3 N–H and O–H groups in total. The van der Waals surface area contributed by atoms with Crippen LogP contribution in [-0.4, -0.2) is 77.9 Å². The Morgan fingerprint density at radius 2 is 2.00 bits per heavy atom. The van der Waals surface area contributed by atoms with Gasteiger partial charge in [-0.2, -0.15) is 4.39 Å². The highest BCUT2D eigenvalue weighted by Gasteiger charge is 2.61. The van der Waals surface area contributed by atoms with Crippen molar-refractivity contribution in [2.75, 3.05) is 20.6 Å². The zero-order chi connectivity index (χ0) is 15.7. The molecule has 0 bridgehead atoms. The average Bonchev–Trinajstić information content (AvgIpc) is 2.30. The summed E-state index contributed by atoms with van der Waals surface area (Å²) in [6.45, 7) is 1.13. The summed E-state index contributed by atoms with van der Waals surface area (Å²) in [7, 11) is 3.20. The molecule has 5 atom stereocenters. The Balaban J connectivity index is 3.07. The van der Waals surface area contributed by atoms with E-state index in [1.54, 1.807) is 14.1 Å². The average molecular weight is 296 g/mol. The van der Waals surface area contributed by atoms with E-state index in [4.69, 9.17) is 5.11 Å². The lowest BCUT2D eigenvalue weighted by atomic mass is 9.91. The van der Waals surface area contributed by atoms with Gasteiger partial charge < -0.3 is 25.2 Å². The van der Waals surface area contributed by atoms with Crippen LogP contribution in [0.3, 0.4) is 0 Å². The molecule has 0 aliphatic carbocycles. The lowest BCUT2D eigenvalue weighted by Gasteiger charge is -2.43. The number of carbonyl (C=O) groups is 2. The Bertz CT molecular complexity index is 395. The molecule has 116 valence electrons. The molecular weight excluding hydrogens is 278 g/mol. The number of alkyl halides is 2. The van der Waals surface area contributed by atoms with Crippen molar-refractivity contribution in [3.63, 3.8) is 0 Å². The van der Waals surface area contributed by atoms with Crippen LogP contribution < -0.4 is 5.32 Å². The van der Waals surface area contributed by atoms with E-state index >= 15 is 0 Å². The number of aliphatic hydroxyl groups excluding tert-OH is 1. The van der Waals surface area contributed by atoms with Crippen molar-refractivity contribution in [3.05, 3.63) is 0 Å². The van der Waals surface area contributed by atoms with Crippen LogP contribution in [0.25, 0.3) is 0 Å². The highest BCUT2D eigenvalue weighted by molar-refractivity contribution is 5.77. The molecule has 1 heterocycles. The highest BCUT2D eigenvalue weighted by atomic mass is 19.2. The van der Waals surface area contributed by atoms with Gasteiger partial charge in [-0.05, 0) is 14.1 Å². The second-order valence-corrected chi connectivity index (χ2v) is 4.99. The Morgan fingerprint density at radius 3 is 2.40 bits per heavy atom. The first-order valence-corrected chi connectivity index (χ1v) is 5.93. The number of halogens is 2. The standard InChI is InChI=1S/C11H18F2N2O5/c1-5(16)14-7-6(4-15(2)3)20-11(13,10(18)19)9(12)8(7)17/h6-9,17H,4H2,1-3H3,(H,14,16)(H,18,19)/t6?,7-,8?,9?,11+/m0/s1. The van der Waals surface area contributed by atoms with E-state index in [0.717, 1.165) is 6.92 Å². The van der Waals surface area contributed by atoms with Crippen LogP contribution >= 0.6 is 0 Å². The number of carboxylic acids is 1. The van der Waals surface area contributed by atoms with E-state index in [9.17, 15) is 23.5 Å². The number of carbonyl (C=O) groups excluding carboxylic acids is 1. The van der Waals surface area contributed by atoms with E-state index in [1.807, 2.05) is 0 Å². The van der Waals surface area contributed by atoms with E-state index in [2.05, 4.69) is 10.1 Å². The molecule has 0 aromatic heterocycles. The van der Waals surface area contributed by atoms with Gasteiger partial charge in [-0.15, -0.1) is 0 Å². The first kappa shape index (κ1) is 16.7. The molecule has 1 aliphatic heterocycles. The van der Waals surface area contributed by atoms with Gasteiger partial charge in [0.15, 0.2) is 6.17 Å². The normalized spacial score (nSPS) is 37.8. The zero-order valence-electron chi connectivity index (χ0n) is 11.3. The third-order valence-electron chi connectivity index (χ3n) is 2.95. The van der Waals surface area contributed by atoms with E-state index < -0.39 is 42.2 Å². The molecule has 0 saturated carbocycles. The number of nitrogens with one attached hydrogen (secondary N) is 1. The van der Waals surface area contributed by atoms with Crippen LogP contribution in [0.2, 0.25) is 0 Å². The molecular formula is C11H18F2N2O5. The SMILES string of the molecule is CC(=O)N[C@H]1C(CN(C)C)O[C@@](F)(C(=O)O)C(F)C1O. The number of hydrogen-bond acceptors (Lipinski definition) is 5. The Morgan fingerprint density at radius 1 is 1.45 bits per heavy atom. The molecule has 0 aromatic carbocycles. The third-order valence-corrected chi connectivity index (χ3v) is 2.95. The van der Waals surface area contributed by atoms with Crippen molar-refractivity contribution < 1.29 is 33.3 Å². The molecule has 3 unspecified atom stereocenters. The topological polar surface area (TPSA) is 99.1 Å². The van der Waals surface area contributed by atoms with Gasteiger partial charge in [0.25, 0.3) is 0 Å². The fraction of sp³-hybridized carbons (Fsp3) is 0.818. The second kappa shape index (κ2) is 5.98. The maximum Gasteiger partial charge on any atom is 0.372 e. The van der Waals surface area contributed by atoms with Crippen molar-refractivity contribution in [1.82, 2.24) is 10.2 Å². The summed E-state index contributed by atoms with van der Waals surface area (Å²) in [4.78, 5) is 23.4. The number of ether oxygens (including phenoxy) is 1. The van der Waals surface area contributed by atoms with Gasteiger partial charge in [0.2, 0.25) is 5.91 Å². The summed E-state index contributed by atoms with van der Waals surface area (Å²) in [5, 5.41) is 20.8. The van der Waals surface area contributed by atoms with Crippen LogP contribution in [0.4, 0.5) is 8.78 Å². The molecule has 1 amide bonds. The van der Waals surface area contributed by atoms with Crippen LogP contribution in [-0.2, 0) is 14.3 Å². The number of nitrogens with zero attached hydrogens (tertiary/aromatic N) is 1. The molecule has 1 fully saturated rings. The molecule has 0 radical (unpaired) electrons. The molecule has 0 aromatic rings. The number of aliphatic carboxylic acids is 1. The lowest BCUT2D eigenvalue weighted by Crippen LogP contribution is -2.69. The number of hydrogen-bond donors (Lipinski definition) is 3. The van der Waals surface area contributed by atoms with Gasteiger partial charge in [0.1, 0.15) is 6.10 Å². The molecule has 1 aliphatic rings. The van der Waals surface area contributed by atoms with Crippen molar-refractivity contribution >= 4 is 11.9 Å². The van der Waals surface area contributed by atoms with E-state index in [-0.39, 0.29) is 6.54 Å². The van der Waals surface area contributed by atoms with Crippen molar-refractivity contribution in [1.29, 1.82) is 0 Å². The predicted octanol–water partition coefficient (Wildman–Crippen LogP) is -1.10. The molecule has 1 rings (SSSR count). The summed E-state index contributed by atoms with van der Waals surface area (Å²) in [6, 6.07) is -1.24. The van der Waals surface area contributed by atoms with Crippen molar-refractivity contribution in [2.45, 2.75) is 37.2 Å². The van der Waals surface area contributed by atoms with Gasteiger partial charge >= 0.3 is 11.8 Å². The minimum absolute atomic E-state index is 0.00627. The third kappa shape index (κ3) is 3.22. The summed E-state index contributed by atoms with van der Waals surface area (Å²) in [6.07, 6.45) is -6.05. The first-order chi connectivity index (χ1) is 9.09. The number of rotatable bonds is 4. The number of likely N-dealkylation sites (N-methyl/N-ethyl adjacent to an activating group) is 1. The van der Waals surface area contributed by atoms with E-state index in [0.29, 0.717) is 0 Å². The summed E-state index contributed by atoms with van der Waals surface area (Å²) in [5.41, 5.74) is 0. The van der Waals surface area contributed by atoms with Crippen molar-refractivity contribution in [2.24, 2.45) is 0 Å². The number of aliphatic hydroxyl groups is 1. The Kier molecular flexibility index (Phi) is 5.00. The maximum atomic E-state index is 14.1. The van der Waals surface area contributed by atoms with Crippen molar-refractivity contribution in [3.8, 4) is 0 Å². The minimum atomic E-state index is -3.64. The predicted molar refractivity (Wildman–Crippen MR) is 63.4 cm³/mol. The first-order valence-electron chi connectivity index (χ1n) is 5.93. The van der Waals surface area contributed by atoms with Gasteiger partial charge in [-0.1, -0.05) is 0 Å². The van der Waals surface area contributed by atoms with Crippen LogP contribution in [0.15, 0.2) is 0 Å². The smallest absolute Gasteiger partial charge is 0.372 e. The molecule has 20 heavy (non-hydrogen) atoms. The highest BCUT2D eigenvalue weighted by Crippen LogP contribution is 2.34. The van der Waals surface area contributed by atoms with Crippen LogP contribution in [0.5, 0.6) is 0 Å². The largest absolute Gasteiger partial charge is 0.477 e. The quantitative estimate of drug-likeness (QED) is 0.609. The van der Waals surface area contributed by atoms with Crippen LogP contribution in [0.1, 0.15) is 6.92 Å². The number of carboxylic acid groups (broad SMARTS) is 1. The van der Waals surface area contributed by atoms with Gasteiger partial charge in [0.05, 0.1) is 12.1 Å². The molecule has 7 nitrogen and oxygen atoms in total. The maximum absolute atomic E-state index is 14.1. The fourth-order valence-corrected chi connectivity index (χ4v) is 2.07. The van der Waals surface area contributed by atoms with Crippen LogP contribution in [0, 0.1) is 0 Å². The van der Waals surface area contributed by atoms with Gasteiger partial charge in [-0.25, -0.2) is 9.18 Å². The second-order valence-electron chi connectivity index (χ2n) is 4.99. The zero-order valence-corrected chi connectivity index (χ0v) is 11.3. The minimum Gasteiger partial charge on any atom is -0.477 e. The van der Waals surface area contributed by atoms with E-state index in [1.165, 1.54) is 4.90 Å². The Hall–Kier alpha value is -1.32. The molecule has 9 heteroatoms. The summed E-state index contributed by atoms with van der Waals surface area (Å²) < 4.78 is 32.5.